The molecule has 1 heterocycles. The average Bonchev–Trinajstić information content (AvgIpc) is 2.97. The van der Waals surface area contributed by atoms with Crippen molar-refractivity contribution in [3.05, 3.63) is 57.3 Å². The Labute approximate surface area is 138 Å². The molecule has 8 heteroatoms. The fourth-order valence-corrected chi connectivity index (χ4v) is 2.76. The highest BCUT2D eigenvalue weighted by molar-refractivity contribution is 5.92. The molecule has 23 heavy (non-hydrogen) atoms. The minimum atomic E-state index is -0.671. The molecular weight excluding hydrogens is 322 g/mol. The standard InChI is InChI=1S/C15H15N3O4.ClH/c16-10-4-5-11-9(8-10)2-1-3-12(11)17-15(19)13-6-7-14(22-13)18(20)21;/h4-8,12H,1-3,16H2,(H,17,19);1H. The van der Waals surface area contributed by atoms with E-state index in [4.69, 9.17) is 10.2 Å². The summed E-state index contributed by atoms with van der Waals surface area (Å²) in [6.07, 6.45) is 2.68. The molecule has 7 nitrogen and oxygen atoms in total. The Bertz CT molecular complexity index is 744. The zero-order chi connectivity index (χ0) is 15.7. The van der Waals surface area contributed by atoms with E-state index in [2.05, 4.69) is 5.32 Å². The van der Waals surface area contributed by atoms with E-state index >= 15 is 0 Å². The predicted octanol–water partition coefficient (Wildman–Crippen LogP) is 3.00. The number of nitro groups is 1. The van der Waals surface area contributed by atoms with Crippen molar-refractivity contribution in [1.29, 1.82) is 0 Å². The van der Waals surface area contributed by atoms with Crippen LogP contribution >= 0.6 is 12.4 Å². The summed E-state index contributed by atoms with van der Waals surface area (Å²) in [6.45, 7) is 0. The second kappa shape index (κ2) is 6.70. The van der Waals surface area contributed by atoms with Crippen LogP contribution in [-0.4, -0.2) is 10.8 Å². The Balaban J connectivity index is 0.00000192. The molecule has 3 N–H and O–H groups in total. The van der Waals surface area contributed by atoms with Gasteiger partial charge in [0, 0.05) is 5.69 Å². The second-order valence-electron chi connectivity index (χ2n) is 5.27. The van der Waals surface area contributed by atoms with E-state index in [-0.39, 0.29) is 24.2 Å². The largest absolute Gasteiger partial charge is 0.433 e. The topological polar surface area (TPSA) is 111 Å². The number of nitrogen functional groups attached to an aromatic ring is 1. The SMILES string of the molecule is Cl.Nc1ccc2c(c1)CCCC2NC(=O)c1ccc([N+](=O)[O-])o1. The van der Waals surface area contributed by atoms with Crippen LogP contribution in [0.15, 0.2) is 34.7 Å². The van der Waals surface area contributed by atoms with E-state index in [0.29, 0.717) is 5.69 Å². The minimum Gasteiger partial charge on any atom is -0.399 e. The first kappa shape index (κ1) is 16.8. The van der Waals surface area contributed by atoms with Crippen LogP contribution < -0.4 is 11.1 Å². The Morgan fingerprint density at radius 3 is 2.83 bits per heavy atom. The summed E-state index contributed by atoms with van der Waals surface area (Å²) < 4.78 is 4.92. The second-order valence-corrected chi connectivity index (χ2v) is 5.27. The number of amides is 1. The van der Waals surface area contributed by atoms with Gasteiger partial charge in [0.25, 0.3) is 5.91 Å². The van der Waals surface area contributed by atoms with Gasteiger partial charge in [0.2, 0.25) is 0 Å². The molecule has 3 rings (SSSR count). The van der Waals surface area contributed by atoms with Crippen LogP contribution in [-0.2, 0) is 6.42 Å². The first-order chi connectivity index (χ1) is 10.5. The van der Waals surface area contributed by atoms with Gasteiger partial charge in [-0.1, -0.05) is 6.07 Å². The van der Waals surface area contributed by atoms with Gasteiger partial charge in [-0.25, -0.2) is 0 Å². The maximum Gasteiger partial charge on any atom is 0.433 e. The van der Waals surface area contributed by atoms with Crippen LogP contribution in [0.1, 0.15) is 40.6 Å². The molecule has 0 aliphatic heterocycles. The maximum absolute atomic E-state index is 12.2. The first-order valence-electron chi connectivity index (χ1n) is 6.98. The van der Waals surface area contributed by atoms with Crippen LogP contribution in [0.25, 0.3) is 0 Å². The molecule has 0 bridgehead atoms. The van der Waals surface area contributed by atoms with Crippen molar-refractivity contribution in [2.24, 2.45) is 0 Å². The number of rotatable bonds is 3. The third kappa shape index (κ3) is 3.45. The van der Waals surface area contributed by atoms with E-state index < -0.39 is 16.7 Å². The number of anilines is 1. The fourth-order valence-electron chi connectivity index (χ4n) is 2.76. The van der Waals surface area contributed by atoms with Gasteiger partial charge in [-0.05, 0) is 48.6 Å². The lowest BCUT2D eigenvalue weighted by molar-refractivity contribution is -0.402. The summed E-state index contributed by atoms with van der Waals surface area (Å²) in [5.74, 6) is -0.959. The fraction of sp³-hybridized carbons (Fsp3) is 0.267. The molecule has 1 unspecified atom stereocenters. The number of halogens is 1. The molecule has 0 radical (unpaired) electrons. The van der Waals surface area contributed by atoms with E-state index in [0.717, 1.165) is 30.4 Å². The number of aryl methyl sites for hydroxylation is 1. The lowest BCUT2D eigenvalue weighted by atomic mass is 9.87. The van der Waals surface area contributed by atoms with E-state index in [9.17, 15) is 14.9 Å². The molecule has 0 saturated carbocycles. The van der Waals surface area contributed by atoms with Crippen LogP contribution in [0.4, 0.5) is 11.6 Å². The monoisotopic (exact) mass is 337 g/mol. The van der Waals surface area contributed by atoms with Gasteiger partial charge in [-0.15, -0.1) is 12.4 Å². The van der Waals surface area contributed by atoms with Gasteiger partial charge in [0.05, 0.1) is 12.1 Å². The van der Waals surface area contributed by atoms with Gasteiger partial charge in [-0.2, -0.15) is 0 Å². The third-order valence-corrected chi connectivity index (χ3v) is 3.78. The average molecular weight is 338 g/mol. The minimum absolute atomic E-state index is 0. The number of carbonyl (C=O) groups is 1. The van der Waals surface area contributed by atoms with Crippen molar-refractivity contribution in [3.63, 3.8) is 0 Å². The molecule has 122 valence electrons. The molecule has 1 amide bonds. The maximum atomic E-state index is 12.2. The normalized spacial score (nSPS) is 16.1. The Kier molecular flexibility index (Phi) is 4.90. The summed E-state index contributed by atoms with van der Waals surface area (Å²) in [6, 6.07) is 7.98. The van der Waals surface area contributed by atoms with Crippen LogP contribution in [0, 0.1) is 10.1 Å². The van der Waals surface area contributed by atoms with Crippen LogP contribution in [0.3, 0.4) is 0 Å². The highest BCUT2D eigenvalue weighted by Crippen LogP contribution is 2.31. The van der Waals surface area contributed by atoms with Crippen LogP contribution in [0.2, 0.25) is 0 Å². The predicted molar refractivity (Wildman–Crippen MR) is 86.6 cm³/mol. The number of nitrogens with one attached hydrogen (secondary N) is 1. The molecule has 1 atom stereocenters. The van der Waals surface area contributed by atoms with E-state index in [1.54, 1.807) is 6.07 Å². The first-order valence-corrected chi connectivity index (χ1v) is 6.98. The Hall–Kier alpha value is -2.54. The van der Waals surface area contributed by atoms with E-state index in [1.807, 2.05) is 12.1 Å². The molecule has 0 fully saturated rings. The van der Waals surface area contributed by atoms with Gasteiger partial charge in [-0.3, -0.25) is 14.9 Å². The van der Waals surface area contributed by atoms with Crippen molar-refractivity contribution in [1.82, 2.24) is 5.32 Å². The lowest BCUT2D eigenvalue weighted by Crippen LogP contribution is -2.30. The molecule has 1 aromatic heterocycles. The summed E-state index contributed by atoms with van der Waals surface area (Å²) in [4.78, 5) is 22.1. The number of carbonyl (C=O) groups excluding carboxylic acids is 1. The lowest BCUT2D eigenvalue weighted by Gasteiger charge is -2.26. The quantitative estimate of drug-likeness (QED) is 0.508. The molecular formula is C15H16ClN3O4. The van der Waals surface area contributed by atoms with E-state index in [1.165, 1.54) is 12.1 Å². The number of fused-ring (bicyclic) bond motifs is 1. The molecule has 0 spiro atoms. The highest BCUT2D eigenvalue weighted by Gasteiger charge is 2.24. The summed E-state index contributed by atoms with van der Waals surface area (Å²) in [5, 5.41) is 13.5. The van der Waals surface area contributed by atoms with Gasteiger partial charge >= 0.3 is 5.88 Å². The van der Waals surface area contributed by atoms with Crippen molar-refractivity contribution >= 4 is 29.9 Å². The van der Waals surface area contributed by atoms with Crippen LogP contribution in [0.5, 0.6) is 0 Å². The number of benzene rings is 1. The molecule has 1 aliphatic rings. The van der Waals surface area contributed by atoms with Crippen molar-refractivity contribution < 1.29 is 14.1 Å². The molecule has 1 aliphatic carbocycles. The number of hydrogen-bond acceptors (Lipinski definition) is 5. The Morgan fingerprint density at radius 2 is 2.13 bits per heavy atom. The third-order valence-electron chi connectivity index (χ3n) is 3.78. The molecule has 2 aromatic rings. The zero-order valence-corrected chi connectivity index (χ0v) is 13.0. The zero-order valence-electron chi connectivity index (χ0n) is 12.2. The summed E-state index contributed by atoms with van der Waals surface area (Å²) in [7, 11) is 0. The van der Waals surface area contributed by atoms with Gasteiger partial charge in [0.15, 0.2) is 5.76 Å². The molecule has 1 aromatic carbocycles. The molecule has 0 saturated heterocycles. The smallest absolute Gasteiger partial charge is 0.399 e. The number of nitrogens with two attached hydrogens (primary N) is 1. The Morgan fingerprint density at radius 1 is 1.35 bits per heavy atom. The van der Waals surface area contributed by atoms with Crippen molar-refractivity contribution in [3.8, 4) is 0 Å². The number of nitrogens with zero attached hydrogens (tertiary/aromatic N) is 1. The highest BCUT2D eigenvalue weighted by atomic mass is 35.5. The van der Waals surface area contributed by atoms with Crippen molar-refractivity contribution in [2.45, 2.75) is 25.3 Å². The summed E-state index contributed by atoms with van der Waals surface area (Å²) in [5.41, 5.74) is 8.65. The van der Waals surface area contributed by atoms with Gasteiger partial charge in [0.1, 0.15) is 4.92 Å². The number of hydrogen-bond donors (Lipinski definition) is 2. The van der Waals surface area contributed by atoms with Crippen molar-refractivity contribution in [2.75, 3.05) is 5.73 Å². The number of furan rings is 1. The van der Waals surface area contributed by atoms with Gasteiger partial charge < -0.3 is 15.5 Å². The summed E-state index contributed by atoms with van der Waals surface area (Å²) >= 11 is 0.